The number of likely N-dealkylation sites (tertiary alicyclic amines) is 1. The minimum Gasteiger partial charge on any atom is -0.465 e. The Morgan fingerprint density at radius 1 is 1.41 bits per heavy atom. The lowest BCUT2D eigenvalue weighted by atomic mass is 10.2. The third-order valence-electron chi connectivity index (χ3n) is 4.63. The van der Waals surface area contributed by atoms with E-state index in [1.165, 1.54) is 12.8 Å². The van der Waals surface area contributed by atoms with Crippen LogP contribution in [0.2, 0.25) is 0 Å². The van der Waals surface area contributed by atoms with E-state index in [9.17, 15) is 0 Å². The average Bonchev–Trinajstić information content (AvgIpc) is 2.94. The number of rotatable bonds is 5. The summed E-state index contributed by atoms with van der Waals surface area (Å²) in [4.78, 5) is 7.09. The molecule has 2 fully saturated rings. The molecule has 4 rings (SSSR count). The van der Waals surface area contributed by atoms with E-state index in [4.69, 9.17) is 14.1 Å². The van der Waals surface area contributed by atoms with Gasteiger partial charge in [0.25, 0.3) is 0 Å². The van der Waals surface area contributed by atoms with Crippen molar-refractivity contribution >= 4 is 0 Å². The number of hydrogen-bond acceptors (Lipinski definition) is 5. The largest absolute Gasteiger partial charge is 0.465 e. The van der Waals surface area contributed by atoms with Crippen LogP contribution in [0.4, 0.5) is 0 Å². The third kappa shape index (κ3) is 2.68. The fourth-order valence-electron chi connectivity index (χ4n) is 3.22. The van der Waals surface area contributed by atoms with Gasteiger partial charge in [0.1, 0.15) is 17.3 Å². The van der Waals surface area contributed by atoms with Crippen molar-refractivity contribution in [1.82, 2.24) is 20.1 Å². The molecule has 6 heteroatoms. The smallest absolute Gasteiger partial charge is 0.153 e. The van der Waals surface area contributed by atoms with Gasteiger partial charge >= 0.3 is 0 Å². The maximum absolute atomic E-state index is 5.72. The molecule has 2 atom stereocenters. The number of nitrogens with one attached hydrogen (secondary N) is 1. The van der Waals surface area contributed by atoms with Crippen molar-refractivity contribution in [2.75, 3.05) is 13.7 Å². The lowest BCUT2D eigenvalue weighted by Gasteiger charge is -2.20. The van der Waals surface area contributed by atoms with Gasteiger partial charge in [-0.2, -0.15) is 5.10 Å². The first-order valence-corrected chi connectivity index (χ1v) is 7.97. The molecule has 3 heterocycles. The van der Waals surface area contributed by atoms with Crippen LogP contribution in [0.15, 0.2) is 16.5 Å². The quantitative estimate of drug-likeness (QED) is 0.919. The van der Waals surface area contributed by atoms with Crippen LogP contribution < -0.4 is 0 Å². The lowest BCUT2D eigenvalue weighted by Crippen LogP contribution is -2.25. The van der Waals surface area contributed by atoms with Gasteiger partial charge in [0, 0.05) is 19.6 Å². The minimum absolute atomic E-state index is 0.218. The minimum atomic E-state index is 0.218. The highest BCUT2D eigenvalue weighted by Gasteiger charge is 2.37. The predicted octanol–water partition coefficient (Wildman–Crippen LogP) is 2.55. The Balaban J connectivity index is 1.53. The zero-order chi connectivity index (χ0) is 15.1. The van der Waals surface area contributed by atoms with Crippen LogP contribution in [0.1, 0.15) is 54.4 Å². The number of methoxy groups -OCH3 is 1. The SMILES string of the molecule is CO[C@@H]1C[C@@H](c2nc(C3CC3)n[nH]2)N(Cc2ccc(C)o2)C1. The average molecular weight is 302 g/mol. The second kappa shape index (κ2) is 5.52. The molecular formula is C16H22N4O2. The van der Waals surface area contributed by atoms with Crippen LogP contribution in [-0.2, 0) is 11.3 Å². The maximum atomic E-state index is 5.72. The van der Waals surface area contributed by atoms with E-state index >= 15 is 0 Å². The van der Waals surface area contributed by atoms with E-state index in [-0.39, 0.29) is 12.1 Å². The molecule has 2 aromatic rings. The number of H-pyrrole nitrogens is 1. The Kier molecular flexibility index (Phi) is 3.50. The van der Waals surface area contributed by atoms with Gasteiger partial charge in [-0.3, -0.25) is 10.00 Å². The fraction of sp³-hybridized carbons (Fsp3) is 0.625. The molecule has 1 aliphatic heterocycles. The molecule has 0 bridgehead atoms. The van der Waals surface area contributed by atoms with E-state index in [0.29, 0.717) is 5.92 Å². The highest BCUT2D eigenvalue weighted by Crippen LogP contribution is 2.39. The van der Waals surface area contributed by atoms with Gasteiger partial charge < -0.3 is 9.15 Å². The van der Waals surface area contributed by atoms with E-state index in [1.807, 2.05) is 19.1 Å². The topological polar surface area (TPSA) is 67.2 Å². The number of nitrogens with zero attached hydrogens (tertiary/aromatic N) is 3. The molecule has 1 aliphatic carbocycles. The summed E-state index contributed by atoms with van der Waals surface area (Å²) in [5.74, 6) is 4.45. The molecule has 118 valence electrons. The van der Waals surface area contributed by atoms with Gasteiger partial charge in [-0.25, -0.2) is 4.98 Å². The number of hydrogen-bond donors (Lipinski definition) is 1. The zero-order valence-corrected chi connectivity index (χ0v) is 13.1. The van der Waals surface area contributed by atoms with Crippen LogP contribution in [-0.4, -0.2) is 39.8 Å². The molecule has 2 aliphatic rings. The monoisotopic (exact) mass is 302 g/mol. The molecule has 6 nitrogen and oxygen atoms in total. The van der Waals surface area contributed by atoms with Crippen LogP contribution in [0.25, 0.3) is 0 Å². The zero-order valence-electron chi connectivity index (χ0n) is 13.1. The fourth-order valence-corrected chi connectivity index (χ4v) is 3.22. The van der Waals surface area contributed by atoms with Gasteiger partial charge in [0.15, 0.2) is 5.82 Å². The number of aryl methyl sites for hydroxylation is 1. The second-order valence-corrected chi connectivity index (χ2v) is 6.40. The molecule has 2 aromatic heterocycles. The Morgan fingerprint density at radius 3 is 2.95 bits per heavy atom. The molecule has 1 saturated carbocycles. The van der Waals surface area contributed by atoms with Crippen LogP contribution in [0.3, 0.4) is 0 Å². The molecule has 0 aromatic carbocycles. The molecule has 0 spiro atoms. The van der Waals surface area contributed by atoms with Crippen molar-refractivity contribution < 1.29 is 9.15 Å². The molecule has 0 unspecified atom stereocenters. The standard InChI is InChI=1S/C16H22N4O2/c1-10-3-6-12(22-10)8-20-9-13(21-2)7-14(20)16-17-15(18-19-16)11-4-5-11/h3,6,11,13-14H,4-5,7-9H2,1-2H3,(H,17,18,19)/t13-,14+/m1/s1. The van der Waals surface area contributed by atoms with Crippen LogP contribution >= 0.6 is 0 Å². The normalized spacial score (nSPS) is 25.9. The summed E-state index contributed by atoms with van der Waals surface area (Å²) < 4.78 is 11.3. The Morgan fingerprint density at radius 2 is 2.27 bits per heavy atom. The van der Waals surface area contributed by atoms with E-state index in [0.717, 1.165) is 42.7 Å². The molecule has 0 radical (unpaired) electrons. The number of furan rings is 1. The lowest BCUT2D eigenvalue weighted by molar-refractivity contribution is 0.106. The van der Waals surface area contributed by atoms with Gasteiger partial charge in [0.05, 0.1) is 18.7 Å². The van der Waals surface area contributed by atoms with Crippen molar-refractivity contribution in [3.05, 3.63) is 35.3 Å². The maximum Gasteiger partial charge on any atom is 0.153 e. The summed E-state index contributed by atoms with van der Waals surface area (Å²) >= 11 is 0. The number of aromatic nitrogens is 3. The summed E-state index contributed by atoms with van der Waals surface area (Å²) in [6.45, 7) is 3.64. The second-order valence-electron chi connectivity index (χ2n) is 6.40. The first kappa shape index (κ1) is 14.0. The highest BCUT2D eigenvalue weighted by molar-refractivity contribution is 5.11. The molecule has 1 N–H and O–H groups in total. The van der Waals surface area contributed by atoms with Crippen molar-refractivity contribution in [3.8, 4) is 0 Å². The summed E-state index contributed by atoms with van der Waals surface area (Å²) in [6, 6.07) is 4.27. The summed E-state index contributed by atoms with van der Waals surface area (Å²) in [6.07, 6.45) is 3.61. The molecular weight excluding hydrogens is 280 g/mol. The van der Waals surface area contributed by atoms with Gasteiger partial charge in [-0.1, -0.05) is 0 Å². The highest BCUT2D eigenvalue weighted by atomic mass is 16.5. The summed E-state index contributed by atoms with van der Waals surface area (Å²) in [5.41, 5.74) is 0. The van der Waals surface area contributed by atoms with Crippen molar-refractivity contribution in [3.63, 3.8) is 0 Å². The number of aromatic amines is 1. The Hall–Kier alpha value is -1.66. The van der Waals surface area contributed by atoms with Crippen LogP contribution in [0, 0.1) is 6.92 Å². The summed E-state index contributed by atoms with van der Waals surface area (Å²) in [7, 11) is 1.78. The molecule has 0 amide bonds. The van der Waals surface area contributed by atoms with Gasteiger partial charge in [-0.05, 0) is 38.3 Å². The third-order valence-corrected chi connectivity index (χ3v) is 4.63. The summed E-state index contributed by atoms with van der Waals surface area (Å²) in [5, 5.41) is 7.54. The first-order valence-electron chi connectivity index (χ1n) is 7.97. The first-order chi connectivity index (χ1) is 10.7. The predicted molar refractivity (Wildman–Crippen MR) is 80.4 cm³/mol. The van der Waals surface area contributed by atoms with Gasteiger partial charge in [-0.15, -0.1) is 0 Å². The van der Waals surface area contributed by atoms with Gasteiger partial charge in [0.2, 0.25) is 0 Å². The van der Waals surface area contributed by atoms with E-state index < -0.39 is 0 Å². The number of ether oxygens (including phenoxy) is 1. The Labute approximate surface area is 129 Å². The van der Waals surface area contributed by atoms with Crippen molar-refractivity contribution in [1.29, 1.82) is 0 Å². The molecule has 1 saturated heterocycles. The molecule has 22 heavy (non-hydrogen) atoms. The van der Waals surface area contributed by atoms with Crippen molar-refractivity contribution in [2.45, 2.75) is 50.8 Å². The Bertz CT molecular complexity index is 646. The van der Waals surface area contributed by atoms with Crippen LogP contribution in [0.5, 0.6) is 0 Å². The van der Waals surface area contributed by atoms with Crippen molar-refractivity contribution in [2.24, 2.45) is 0 Å². The van der Waals surface area contributed by atoms with E-state index in [2.05, 4.69) is 15.1 Å². The van der Waals surface area contributed by atoms with E-state index in [1.54, 1.807) is 7.11 Å².